The molecule has 1 amide bonds. The molecular weight excluding hydrogens is 288 g/mol. The molecule has 0 aliphatic heterocycles. The van der Waals surface area contributed by atoms with Gasteiger partial charge in [-0.1, -0.05) is 30.7 Å². The van der Waals surface area contributed by atoms with Crippen molar-refractivity contribution in [2.24, 2.45) is 17.6 Å². The number of amides is 1. The molecular formula is C16H25ClN2O2. The molecule has 0 saturated heterocycles. The first-order chi connectivity index (χ1) is 9.61. The summed E-state index contributed by atoms with van der Waals surface area (Å²) in [7, 11) is 0. The van der Waals surface area contributed by atoms with E-state index in [0.717, 1.165) is 30.4 Å². The second kappa shape index (κ2) is 8.37. The lowest BCUT2D eigenvalue weighted by molar-refractivity contribution is -0.126. The molecule has 1 aliphatic carbocycles. The number of rotatable bonds is 5. The summed E-state index contributed by atoms with van der Waals surface area (Å²) in [5, 5.41) is 12.4. The normalized spacial score (nSPS) is 22.4. The van der Waals surface area contributed by atoms with Crippen LogP contribution in [0.15, 0.2) is 24.3 Å². The van der Waals surface area contributed by atoms with E-state index in [2.05, 4.69) is 5.32 Å². The van der Waals surface area contributed by atoms with Crippen LogP contribution < -0.4 is 11.1 Å². The minimum absolute atomic E-state index is 0. The lowest BCUT2D eigenvalue weighted by Gasteiger charge is -2.17. The van der Waals surface area contributed by atoms with E-state index >= 15 is 0 Å². The number of hydrogen-bond acceptors (Lipinski definition) is 3. The quantitative estimate of drug-likeness (QED) is 0.780. The van der Waals surface area contributed by atoms with Gasteiger partial charge in [-0.05, 0) is 43.4 Å². The number of halogens is 1. The van der Waals surface area contributed by atoms with E-state index in [1.54, 1.807) is 6.92 Å². The summed E-state index contributed by atoms with van der Waals surface area (Å²) in [6.45, 7) is 2.87. The minimum Gasteiger partial charge on any atom is -0.389 e. The van der Waals surface area contributed by atoms with Gasteiger partial charge in [0.05, 0.1) is 6.10 Å². The molecule has 1 aromatic carbocycles. The van der Waals surface area contributed by atoms with Gasteiger partial charge in [0.15, 0.2) is 0 Å². The molecule has 0 aromatic heterocycles. The van der Waals surface area contributed by atoms with Crippen molar-refractivity contribution in [2.75, 3.05) is 6.54 Å². The monoisotopic (exact) mass is 312 g/mol. The van der Waals surface area contributed by atoms with Crippen molar-refractivity contribution >= 4 is 18.3 Å². The smallest absolute Gasteiger partial charge is 0.223 e. The van der Waals surface area contributed by atoms with Crippen molar-refractivity contribution in [2.45, 2.75) is 38.8 Å². The zero-order valence-corrected chi connectivity index (χ0v) is 13.2. The molecule has 0 radical (unpaired) electrons. The third kappa shape index (κ3) is 4.70. The van der Waals surface area contributed by atoms with Crippen molar-refractivity contribution in [1.82, 2.24) is 5.32 Å². The summed E-state index contributed by atoms with van der Waals surface area (Å²) in [6.07, 6.45) is 2.66. The van der Waals surface area contributed by atoms with Crippen molar-refractivity contribution in [3.8, 4) is 0 Å². The SMILES string of the molecule is CC(O)c1ccc(CNC(=O)[C@@H]2CCC[C@@H]2CN)cc1.Cl. The van der Waals surface area contributed by atoms with Crippen molar-refractivity contribution < 1.29 is 9.90 Å². The van der Waals surface area contributed by atoms with Crippen LogP contribution in [-0.2, 0) is 11.3 Å². The van der Waals surface area contributed by atoms with Crippen LogP contribution in [0.1, 0.15) is 43.4 Å². The molecule has 21 heavy (non-hydrogen) atoms. The maximum atomic E-state index is 12.2. The summed E-state index contributed by atoms with van der Waals surface area (Å²) in [5.41, 5.74) is 7.64. The number of carbonyl (C=O) groups is 1. The Morgan fingerprint density at radius 2 is 2.05 bits per heavy atom. The highest BCUT2D eigenvalue weighted by molar-refractivity contribution is 5.85. The van der Waals surface area contributed by atoms with Crippen LogP contribution in [0.25, 0.3) is 0 Å². The highest BCUT2D eigenvalue weighted by atomic mass is 35.5. The lowest BCUT2D eigenvalue weighted by Crippen LogP contribution is -2.34. The Labute approximate surface area is 132 Å². The maximum absolute atomic E-state index is 12.2. The van der Waals surface area contributed by atoms with E-state index in [1.165, 1.54) is 0 Å². The Kier molecular flexibility index (Phi) is 7.15. The molecule has 2 rings (SSSR count). The van der Waals surface area contributed by atoms with Crippen LogP contribution in [0, 0.1) is 11.8 Å². The molecule has 1 unspecified atom stereocenters. The third-order valence-corrected chi connectivity index (χ3v) is 4.23. The van der Waals surface area contributed by atoms with E-state index in [9.17, 15) is 9.90 Å². The number of benzene rings is 1. The van der Waals surface area contributed by atoms with E-state index in [-0.39, 0.29) is 24.2 Å². The fourth-order valence-corrected chi connectivity index (χ4v) is 2.90. The molecule has 0 heterocycles. The van der Waals surface area contributed by atoms with Crippen LogP contribution in [0.5, 0.6) is 0 Å². The molecule has 3 atom stereocenters. The van der Waals surface area contributed by atoms with E-state index in [1.807, 2.05) is 24.3 Å². The van der Waals surface area contributed by atoms with Crippen molar-refractivity contribution in [3.63, 3.8) is 0 Å². The topological polar surface area (TPSA) is 75.3 Å². The molecule has 1 aliphatic rings. The zero-order chi connectivity index (χ0) is 14.5. The third-order valence-electron chi connectivity index (χ3n) is 4.23. The largest absolute Gasteiger partial charge is 0.389 e. The van der Waals surface area contributed by atoms with Crippen molar-refractivity contribution in [1.29, 1.82) is 0 Å². The van der Waals surface area contributed by atoms with Gasteiger partial charge < -0.3 is 16.2 Å². The number of aliphatic hydroxyl groups is 1. The van der Waals surface area contributed by atoms with Crippen molar-refractivity contribution in [3.05, 3.63) is 35.4 Å². The summed E-state index contributed by atoms with van der Waals surface area (Å²) < 4.78 is 0. The van der Waals surface area contributed by atoms with Gasteiger partial charge in [-0.15, -0.1) is 12.4 Å². The van der Waals surface area contributed by atoms with E-state index in [0.29, 0.717) is 19.0 Å². The molecule has 5 heteroatoms. The molecule has 1 aromatic rings. The van der Waals surface area contributed by atoms with Crippen LogP contribution in [-0.4, -0.2) is 17.6 Å². The molecule has 0 spiro atoms. The Bertz CT molecular complexity index is 448. The summed E-state index contributed by atoms with van der Waals surface area (Å²) >= 11 is 0. The van der Waals surface area contributed by atoms with Gasteiger partial charge in [0.1, 0.15) is 0 Å². The number of carbonyl (C=O) groups excluding carboxylic acids is 1. The maximum Gasteiger partial charge on any atom is 0.223 e. The van der Waals surface area contributed by atoms with Gasteiger partial charge in [-0.25, -0.2) is 0 Å². The lowest BCUT2D eigenvalue weighted by atomic mass is 9.95. The van der Waals surface area contributed by atoms with Crippen LogP contribution in [0.3, 0.4) is 0 Å². The number of aliphatic hydroxyl groups excluding tert-OH is 1. The van der Waals surface area contributed by atoms with Crippen LogP contribution in [0.4, 0.5) is 0 Å². The molecule has 4 nitrogen and oxygen atoms in total. The highest BCUT2D eigenvalue weighted by Crippen LogP contribution is 2.30. The molecule has 1 fully saturated rings. The number of hydrogen-bond donors (Lipinski definition) is 3. The number of nitrogens with two attached hydrogens (primary N) is 1. The van der Waals surface area contributed by atoms with Gasteiger partial charge in [0.2, 0.25) is 5.91 Å². The van der Waals surface area contributed by atoms with Gasteiger partial charge in [-0.2, -0.15) is 0 Å². The highest BCUT2D eigenvalue weighted by Gasteiger charge is 2.31. The predicted molar refractivity (Wildman–Crippen MR) is 86.1 cm³/mol. The number of nitrogens with one attached hydrogen (secondary N) is 1. The van der Waals surface area contributed by atoms with Crippen LogP contribution >= 0.6 is 12.4 Å². The standard InChI is InChI=1S/C16H24N2O2.ClH/c1-11(19)13-7-5-12(6-8-13)10-18-16(20)15-4-2-3-14(15)9-17;/h5-8,11,14-15,19H,2-4,9-10,17H2,1H3,(H,18,20);1H/t11?,14-,15-;/m1./s1. The van der Waals surface area contributed by atoms with Gasteiger partial charge in [0.25, 0.3) is 0 Å². The Morgan fingerprint density at radius 3 is 2.62 bits per heavy atom. The van der Waals surface area contributed by atoms with E-state index in [4.69, 9.17) is 5.73 Å². The first kappa shape index (κ1) is 18.0. The van der Waals surface area contributed by atoms with Gasteiger partial charge >= 0.3 is 0 Å². The molecule has 118 valence electrons. The Balaban J connectivity index is 0.00000220. The molecule has 0 bridgehead atoms. The second-order valence-electron chi connectivity index (χ2n) is 5.67. The summed E-state index contributed by atoms with van der Waals surface area (Å²) in [6, 6.07) is 7.67. The van der Waals surface area contributed by atoms with Gasteiger partial charge in [0, 0.05) is 12.5 Å². The fourth-order valence-electron chi connectivity index (χ4n) is 2.90. The average molecular weight is 313 g/mol. The Morgan fingerprint density at radius 1 is 1.38 bits per heavy atom. The summed E-state index contributed by atoms with van der Waals surface area (Å²) in [5.74, 6) is 0.543. The first-order valence-corrected chi connectivity index (χ1v) is 7.36. The molecule has 4 N–H and O–H groups in total. The van der Waals surface area contributed by atoms with E-state index < -0.39 is 6.10 Å². The predicted octanol–water partition coefficient (Wildman–Crippen LogP) is 2.15. The zero-order valence-electron chi connectivity index (χ0n) is 12.4. The summed E-state index contributed by atoms with van der Waals surface area (Å²) in [4.78, 5) is 12.2. The fraction of sp³-hybridized carbons (Fsp3) is 0.562. The average Bonchev–Trinajstić information content (AvgIpc) is 2.93. The first-order valence-electron chi connectivity index (χ1n) is 7.36. The van der Waals surface area contributed by atoms with Crippen LogP contribution in [0.2, 0.25) is 0 Å². The minimum atomic E-state index is -0.456. The molecule has 1 saturated carbocycles. The second-order valence-corrected chi connectivity index (χ2v) is 5.67. The Hall–Kier alpha value is -1.10. The van der Waals surface area contributed by atoms with Gasteiger partial charge in [-0.3, -0.25) is 4.79 Å².